The number of amides is 1. The van der Waals surface area contributed by atoms with E-state index in [4.69, 9.17) is 0 Å². The highest BCUT2D eigenvalue weighted by atomic mass is 32.2. The largest absolute Gasteiger partial charge is 0.416 e. The van der Waals surface area contributed by atoms with Gasteiger partial charge in [-0.1, -0.05) is 31.4 Å². The van der Waals surface area contributed by atoms with Crippen LogP contribution in [0.4, 0.5) is 13.2 Å². The van der Waals surface area contributed by atoms with Crippen LogP contribution >= 0.6 is 0 Å². The summed E-state index contributed by atoms with van der Waals surface area (Å²) in [6.45, 7) is 3.93. The summed E-state index contributed by atoms with van der Waals surface area (Å²) in [7, 11) is -2.74. The van der Waals surface area contributed by atoms with E-state index in [2.05, 4.69) is 0 Å². The van der Waals surface area contributed by atoms with Gasteiger partial charge >= 0.3 is 6.18 Å². The number of hydrogen-bond acceptors (Lipinski definition) is 3. The first-order valence-electron chi connectivity index (χ1n) is 10.3. The predicted octanol–water partition coefficient (Wildman–Crippen LogP) is 5.09. The first kappa shape index (κ1) is 24.4. The van der Waals surface area contributed by atoms with Gasteiger partial charge in [-0.15, -0.1) is 0 Å². The molecule has 168 valence electrons. The van der Waals surface area contributed by atoms with Gasteiger partial charge in [-0.25, -0.2) is 8.42 Å². The zero-order valence-electron chi connectivity index (χ0n) is 17.7. The molecule has 1 saturated carbocycles. The zero-order valence-corrected chi connectivity index (χ0v) is 18.5. The second kappa shape index (κ2) is 9.98. The number of hydrogen-bond donors (Lipinski definition) is 0. The van der Waals surface area contributed by atoms with Gasteiger partial charge in [0, 0.05) is 24.9 Å². The molecule has 30 heavy (non-hydrogen) atoms. The van der Waals surface area contributed by atoms with Crippen molar-refractivity contribution in [2.24, 2.45) is 0 Å². The summed E-state index contributed by atoms with van der Waals surface area (Å²) in [6, 6.07) is 5.54. The SMILES string of the molecule is CC(C)S(C)(=O)=O.O=C1C=C(c2cccc(C(F)(F)F)c2)CCN1C1CCCCC1. The Hall–Kier alpha value is -1.83. The molecular formula is C22H30F3NO3S. The average Bonchev–Trinajstić information content (AvgIpc) is 2.68. The summed E-state index contributed by atoms with van der Waals surface area (Å²) >= 11 is 0. The molecule has 1 aliphatic heterocycles. The van der Waals surface area contributed by atoms with Crippen molar-refractivity contribution in [3.8, 4) is 0 Å². The minimum absolute atomic E-state index is 0.0597. The highest BCUT2D eigenvalue weighted by Crippen LogP contribution is 2.33. The first-order chi connectivity index (χ1) is 13.9. The van der Waals surface area contributed by atoms with Crippen LogP contribution in [0, 0.1) is 0 Å². The molecule has 1 aromatic rings. The second-order valence-corrected chi connectivity index (χ2v) is 10.8. The standard InChI is InChI=1S/C18H20F3NO.C4H10O2S/c19-18(20,21)15-6-4-5-13(11-15)14-9-10-22(17(23)12-14)16-7-2-1-3-8-16;1-4(2)7(3,5)6/h4-6,11-12,16H,1-3,7-10H2;4H,1-3H3. The number of benzene rings is 1. The van der Waals surface area contributed by atoms with Crippen LogP contribution in [0.5, 0.6) is 0 Å². The van der Waals surface area contributed by atoms with Gasteiger partial charge in [0.1, 0.15) is 9.84 Å². The van der Waals surface area contributed by atoms with Crippen molar-refractivity contribution in [2.75, 3.05) is 12.8 Å². The van der Waals surface area contributed by atoms with E-state index < -0.39 is 21.6 Å². The van der Waals surface area contributed by atoms with Crippen molar-refractivity contribution in [1.82, 2.24) is 4.90 Å². The molecule has 1 amide bonds. The van der Waals surface area contributed by atoms with Gasteiger partial charge in [-0.05, 0) is 56.4 Å². The van der Waals surface area contributed by atoms with Crippen LogP contribution in [-0.2, 0) is 20.8 Å². The van der Waals surface area contributed by atoms with E-state index in [-0.39, 0.29) is 11.2 Å². The van der Waals surface area contributed by atoms with E-state index in [0.29, 0.717) is 30.1 Å². The molecular weight excluding hydrogens is 415 g/mol. The van der Waals surface area contributed by atoms with Crippen LogP contribution in [0.3, 0.4) is 0 Å². The molecule has 1 fully saturated rings. The Bertz CT molecular complexity index is 870. The third kappa shape index (κ3) is 6.86. The number of carbonyl (C=O) groups is 1. The fraction of sp³-hybridized carbons (Fsp3) is 0.591. The summed E-state index contributed by atoms with van der Waals surface area (Å²) in [5.74, 6) is -0.0597. The predicted molar refractivity (Wildman–Crippen MR) is 113 cm³/mol. The topological polar surface area (TPSA) is 54.5 Å². The molecule has 0 radical (unpaired) electrons. The molecule has 0 aromatic heterocycles. The summed E-state index contributed by atoms with van der Waals surface area (Å²) in [5, 5.41) is -0.229. The zero-order chi connectivity index (χ0) is 22.5. The fourth-order valence-corrected chi connectivity index (χ4v) is 3.53. The van der Waals surface area contributed by atoms with Crippen molar-refractivity contribution >= 4 is 21.3 Å². The highest BCUT2D eigenvalue weighted by molar-refractivity contribution is 7.91. The normalized spacial score (nSPS) is 18.7. The smallest absolute Gasteiger partial charge is 0.336 e. The fourth-order valence-electron chi connectivity index (χ4n) is 3.53. The third-order valence-corrected chi connectivity index (χ3v) is 7.35. The van der Waals surface area contributed by atoms with Gasteiger partial charge < -0.3 is 4.90 Å². The molecule has 2 aliphatic rings. The van der Waals surface area contributed by atoms with Gasteiger partial charge in [0.15, 0.2) is 0 Å². The lowest BCUT2D eigenvalue weighted by Crippen LogP contribution is -2.43. The minimum atomic E-state index is -4.36. The maximum Gasteiger partial charge on any atom is 0.416 e. The Labute approximate surface area is 177 Å². The monoisotopic (exact) mass is 445 g/mol. The van der Waals surface area contributed by atoms with E-state index in [1.807, 2.05) is 4.90 Å². The number of alkyl halides is 3. The molecule has 3 rings (SSSR count). The Morgan fingerprint density at radius 3 is 2.20 bits per heavy atom. The molecule has 1 heterocycles. The lowest BCUT2D eigenvalue weighted by Gasteiger charge is -2.36. The Kier molecular flexibility index (Phi) is 8.13. The minimum Gasteiger partial charge on any atom is -0.336 e. The molecule has 4 nitrogen and oxygen atoms in total. The number of rotatable bonds is 3. The summed E-state index contributed by atoms with van der Waals surface area (Å²) in [4.78, 5) is 14.3. The van der Waals surface area contributed by atoms with Crippen LogP contribution in [-0.4, -0.2) is 43.3 Å². The second-order valence-electron chi connectivity index (χ2n) is 8.20. The van der Waals surface area contributed by atoms with E-state index in [9.17, 15) is 26.4 Å². The lowest BCUT2D eigenvalue weighted by molar-refractivity contribution is -0.137. The molecule has 0 bridgehead atoms. The molecule has 0 atom stereocenters. The number of nitrogens with zero attached hydrogens (tertiary/aromatic N) is 1. The number of sulfone groups is 1. The summed E-state index contributed by atoms with van der Waals surface area (Å²) < 4.78 is 59.1. The Morgan fingerprint density at radius 1 is 1.10 bits per heavy atom. The van der Waals surface area contributed by atoms with E-state index in [1.54, 1.807) is 19.9 Å². The van der Waals surface area contributed by atoms with Crippen LogP contribution in [0.15, 0.2) is 30.3 Å². The summed E-state index contributed by atoms with van der Waals surface area (Å²) in [6.07, 6.45) is 4.62. The highest BCUT2D eigenvalue weighted by Gasteiger charge is 2.31. The van der Waals surface area contributed by atoms with Gasteiger partial charge in [-0.3, -0.25) is 4.79 Å². The van der Waals surface area contributed by atoms with Crippen molar-refractivity contribution in [2.45, 2.75) is 69.8 Å². The molecule has 0 spiro atoms. The molecule has 0 N–H and O–H groups in total. The van der Waals surface area contributed by atoms with E-state index in [1.165, 1.54) is 24.8 Å². The van der Waals surface area contributed by atoms with Crippen molar-refractivity contribution in [3.63, 3.8) is 0 Å². The Morgan fingerprint density at radius 2 is 1.70 bits per heavy atom. The maximum absolute atomic E-state index is 12.8. The van der Waals surface area contributed by atoms with Crippen LogP contribution in [0.2, 0.25) is 0 Å². The number of carbonyl (C=O) groups excluding carboxylic acids is 1. The van der Waals surface area contributed by atoms with Gasteiger partial charge in [-0.2, -0.15) is 13.2 Å². The van der Waals surface area contributed by atoms with Crippen molar-refractivity contribution in [1.29, 1.82) is 0 Å². The van der Waals surface area contributed by atoms with Gasteiger partial charge in [0.05, 0.1) is 10.8 Å². The first-order valence-corrected chi connectivity index (χ1v) is 12.2. The van der Waals surface area contributed by atoms with Crippen molar-refractivity contribution < 1.29 is 26.4 Å². The molecule has 0 unspecified atom stereocenters. The van der Waals surface area contributed by atoms with Crippen LogP contribution in [0.25, 0.3) is 5.57 Å². The molecule has 1 aliphatic carbocycles. The molecule has 0 saturated heterocycles. The van der Waals surface area contributed by atoms with Crippen molar-refractivity contribution in [3.05, 3.63) is 41.5 Å². The van der Waals surface area contributed by atoms with Gasteiger partial charge in [0.25, 0.3) is 0 Å². The molecule has 1 aromatic carbocycles. The lowest BCUT2D eigenvalue weighted by atomic mass is 9.91. The van der Waals surface area contributed by atoms with Gasteiger partial charge in [0.2, 0.25) is 5.91 Å². The molecule has 8 heteroatoms. The van der Waals surface area contributed by atoms with E-state index in [0.717, 1.165) is 37.8 Å². The maximum atomic E-state index is 12.8. The third-order valence-electron chi connectivity index (χ3n) is 5.64. The summed E-state index contributed by atoms with van der Waals surface area (Å²) in [5.41, 5.74) is 0.530. The van der Waals surface area contributed by atoms with E-state index >= 15 is 0 Å². The Balaban J connectivity index is 0.000000396. The quantitative estimate of drug-likeness (QED) is 0.651. The van der Waals surface area contributed by atoms with Crippen LogP contribution < -0.4 is 0 Å². The number of halogens is 3. The average molecular weight is 446 g/mol. The van der Waals surface area contributed by atoms with Crippen LogP contribution in [0.1, 0.15) is 63.5 Å².